The first-order valence-electron chi connectivity index (χ1n) is 13.7. The third kappa shape index (κ3) is 11.9. The van der Waals surface area contributed by atoms with Gasteiger partial charge in [-0.25, -0.2) is 4.79 Å². The van der Waals surface area contributed by atoms with Crippen LogP contribution in [0, 0.1) is 5.92 Å². The van der Waals surface area contributed by atoms with Crippen molar-refractivity contribution in [2.75, 3.05) is 30.9 Å². The fraction of sp³-hybridized carbons (Fsp3) is 0.533. The molecule has 1 amide bonds. The molecule has 39 heavy (non-hydrogen) atoms. The van der Waals surface area contributed by atoms with Crippen LogP contribution in [0.15, 0.2) is 60.7 Å². The maximum absolute atomic E-state index is 13.9. The Morgan fingerprint density at radius 2 is 1.69 bits per heavy atom. The molecule has 0 heterocycles. The molecular weight excluding hydrogens is 528 g/mol. The van der Waals surface area contributed by atoms with Gasteiger partial charge in [0.25, 0.3) is 0 Å². The minimum absolute atomic E-state index is 0.0707. The lowest BCUT2D eigenvalue weighted by Crippen LogP contribution is -2.56. The standard InChI is InChI=1S/C30H46N4O3S2/c1-4-22(2)27(32-18-25(31)21-38)20-34(19-24-13-9-6-10-14-24)28(17-23-11-7-5-8-12-23)29(35)33-26(30(36)37)15-16-39-3/h5-14,22,25-28,32,38H,4,15-21,31H2,1-3H3,(H,33,35)(H,36,37)/t22-,25+,26-,27+,28-/m0/s1. The summed E-state index contributed by atoms with van der Waals surface area (Å²) < 4.78 is 0. The molecule has 0 saturated carbocycles. The highest BCUT2D eigenvalue weighted by atomic mass is 32.2. The molecule has 0 saturated heterocycles. The van der Waals surface area contributed by atoms with E-state index in [1.54, 1.807) is 11.8 Å². The van der Waals surface area contributed by atoms with E-state index >= 15 is 0 Å². The summed E-state index contributed by atoms with van der Waals surface area (Å²) in [5, 5.41) is 16.3. The number of thiol groups is 1. The summed E-state index contributed by atoms with van der Waals surface area (Å²) in [7, 11) is 0. The summed E-state index contributed by atoms with van der Waals surface area (Å²) in [6, 6.07) is 18.5. The van der Waals surface area contributed by atoms with E-state index < -0.39 is 18.1 Å². The number of benzene rings is 2. The van der Waals surface area contributed by atoms with Crippen LogP contribution >= 0.6 is 24.4 Å². The lowest BCUT2D eigenvalue weighted by Gasteiger charge is -2.37. The van der Waals surface area contributed by atoms with Crippen LogP contribution in [-0.2, 0) is 22.6 Å². The number of rotatable bonds is 19. The highest BCUT2D eigenvalue weighted by Crippen LogP contribution is 2.18. The first kappa shape index (κ1) is 33.2. The molecule has 2 rings (SSSR count). The number of aliphatic carboxylic acids is 1. The van der Waals surface area contributed by atoms with Crippen molar-refractivity contribution in [1.29, 1.82) is 0 Å². The number of carboxylic acids is 1. The Bertz CT molecular complexity index is 967. The van der Waals surface area contributed by atoms with Crippen molar-refractivity contribution in [3.63, 3.8) is 0 Å². The molecule has 5 N–H and O–H groups in total. The Morgan fingerprint density at radius 1 is 1.08 bits per heavy atom. The fourth-order valence-electron chi connectivity index (χ4n) is 4.46. The number of hydrogen-bond donors (Lipinski definition) is 5. The second kappa shape index (κ2) is 18.3. The molecule has 0 aliphatic heterocycles. The minimum atomic E-state index is -1.01. The molecule has 216 valence electrons. The first-order chi connectivity index (χ1) is 18.8. The van der Waals surface area contributed by atoms with Gasteiger partial charge >= 0.3 is 5.97 Å². The lowest BCUT2D eigenvalue weighted by molar-refractivity contribution is -0.142. The smallest absolute Gasteiger partial charge is 0.326 e. The van der Waals surface area contributed by atoms with Crippen molar-refractivity contribution >= 4 is 36.3 Å². The Labute approximate surface area is 244 Å². The Hall–Kier alpha value is -2.04. The SMILES string of the molecule is CC[C@H](C)[C@@H](CN(Cc1ccccc1)[C@@H](Cc1ccccc1)C(=O)N[C@@H](CCSC)C(=O)O)NC[C@@H](N)CS. The summed E-state index contributed by atoms with van der Waals surface area (Å²) in [4.78, 5) is 28.1. The van der Waals surface area contributed by atoms with E-state index in [1.165, 1.54) is 0 Å². The van der Waals surface area contributed by atoms with Crippen molar-refractivity contribution in [1.82, 2.24) is 15.5 Å². The number of carbonyl (C=O) groups excluding carboxylic acids is 1. The van der Waals surface area contributed by atoms with Crippen molar-refractivity contribution in [2.45, 2.75) is 63.8 Å². The van der Waals surface area contributed by atoms with Gasteiger partial charge in [-0.2, -0.15) is 24.4 Å². The highest BCUT2D eigenvalue weighted by Gasteiger charge is 2.32. The van der Waals surface area contributed by atoms with Crippen LogP contribution in [0.5, 0.6) is 0 Å². The number of nitrogens with two attached hydrogens (primary N) is 1. The van der Waals surface area contributed by atoms with Gasteiger partial charge < -0.3 is 21.5 Å². The average molecular weight is 575 g/mol. The van der Waals surface area contributed by atoms with Gasteiger partial charge in [0.15, 0.2) is 0 Å². The number of nitrogens with zero attached hydrogens (tertiary/aromatic N) is 1. The fourth-order valence-corrected chi connectivity index (χ4v) is 5.06. The van der Waals surface area contributed by atoms with Crippen LogP contribution in [0.4, 0.5) is 0 Å². The van der Waals surface area contributed by atoms with Crippen molar-refractivity contribution in [3.8, 4) is 0 Å². The van der Waals surface area contributed by atoms with Crippen molar-refractivity contribution in [2.24, 2.45) is 11.7 Å². The van der Waals surface area contributed by atoms with E-state index in [0.29, 0.717) is 49.9 Å². The van der Waals surface area contributed by atoms with E-state index in [2.05, 4.69) is 54.1 Å². The molecule has 7 nitrogen and oxygen atoms in total. The van der Waals surface area contributed by atoms with Gasteiger partial charge in [-0.3, -0.25) is 9.69 Å². The predicted octanol–water partition coefficient (Wildman–Crippen LogP) is 3.68. The summed E-state index contributed by atoms with van der Waals surface area (Å²) in [5.41, 5.74) is 8.29. The molecule has 5 atom stereocenters. The van der Waals surface area contributed by atoms with Gasteiger partial charge in [0.1, 0.15) is 6.04 Å². The van der Waals surface area contributed by atoms with E-state index in [-0.39, 0.29) is 18.0 Å². The van der Waals surface area contributed by atoms with Crippen LogP contribution in [0.2, 0.25) is 0 Å². The number of hydrogen-bond acceptors (Lipinski definition) is 7. The van der Waals surface area contributed by atoms with Crippen LogP contribution < -0.4 is 16.4 Å². The van der Waals surface area contributed by atoms with Crippen LogP contribution in [0.3, 0.4) is 0 Å². The normalized spacial score (nSPS) is 15.3. The molecule has 0 unspecified atom stereocenters. The molecule has 0 radical (unpaired) electrons. The topological polar surface area (TPSA) is 108 Å². The largest absolute Gasteiger partial charge is 0.480 e. The molecule has 0 aliphatic rings. The molecular formula is C30H46N4O3S2. The van der Waals surface area contributed by atoms with Gasteiger partial charge in [0, 0.05) is 37.5 Å². The zero-order valence-corrected chi connectivity index (χ0v) is 25.2. The summed E-state index contributed by atoms with van der Waals surface area (Å²) >= 11 is 5.91. The summed E-state index contributed by atoms with van der Waals surface area (Å²) in [6.45, 7) is 6.16. The molecule has 0 aromatic heterocycles. The number of carbonyl (C=O) groups is 2. The molecule has 0 spiro atoms. The lowest BCUT2D eigenvalue weighted by atomic mass is 9.95. The Balaban J connectivity index is 2.45. The second-order valence-electron chi connectivity index (χ2n) is 10.1. The predicted molar refractivity (Wildman–Crippen MR) is 166 cm³/mol. The minimum Gasteiger partial charge on any atom is -0.480 e. The maximum atomic E-state index is 13.9. The zero-order chi connectivity index (χ0) is 28.6. The number of thioether (sulfide) groups is 1. The number of amides is 1. The van der Waals surface area contributed by atoms with E-state index in [1.807, 2.05) is 54.8 Å². The maximum Gasteiger partial charge on any atom is 0.326 e. The van der Waals surface area contributed by atoms with Crippen LogP contribution in [-0.4, -0.2) is 76.9 Å². The summed E-state index contributed by atoms with van der Waals surface area (Å²) in [6.07, 6.45) is 3.75. The molecule has 2 aromatic rings. The van der Waals surface area contributed by atoms with Crippen LogP contribution in [0.1, 0.15) is 37.8 Å². The second-order valence-corrected chi connectivity index (χ2v) is 11.5. The molecule has 2 aromatic carbocycles. The zero-order valence-electron chi connectivity index (χ0n) is 23.5. The van der Waals surface area contributed by atoms with Gasteiger partial charge in [0.2, 0.25) is 5.91 Å². The quantitative estimate of drug-likeness (QED) is 0.163. The first-order valence-corrected chi connectivity index (χ1v) is 15.7. The van der Waals surface area contributed by atoms with E-state index in [4.69, 9.17) is 5.73 Å². The summed E-state index contributed by atoms with van der Waals surface area (Å²) in [5.74, 6) is 0.298. The monoisotopic (exact) mass is 574 g/mol. The van der Waals surface area contributed by atoms with E-state index in [0.717, 1.165) is 17.5 Å². The Kier molecular flexibility index (Phi) is 15.6. The van der Waals surface area contributed by atoms with E-state index in [9.17, 15) is 14.7 Å². The average Bonchev–Trinajstić information content (AvgIpc) is 2.95. The molecule has 0 fully saturated rings. The van der Waals surface area contributed by atoms with Crippen molar-refractivity contribution in [3.05, 3.63) is 71.8 Å². The highest BCUT2D eigenvalue weighted by molar-refractivity contribution is 7.98. The molecule has 9 heteroatoms. The van der Waals surface area contributed by atoms with Gasteiger partial charge in [-0.05, 0) is 41.9 Å². The number of carboxylic acid groups (broad SMARTS) is 1. The third-order valence-electron chi connectivity index (χ3n) is 7.11. The molecule has 0 bridgehead atoms. The third-order valence-corrected chi connectivity index (χ3v) is 8.22. The Morgan fingerprint density at radius 3 is 2.23 bits per heavy atom. The molecule has 0 aliphatic carbocycles. The van der Waals surface area contributed by atoms with Gasteiger partial charge in [0.05, 0.1) is 6.04 Å². The van der Waals surface area contributed by atoms with Crippen molar-refractivity contribution < 1.29 is 14.7 Å². The van der Waals surface area contributed by atoms with Gasteiger partial charge in [-0.15, -0.1) is 0 Å². The number of nitrogens with one attached hydrogen (secondary N) is 2. The van der Waals surface area contributed by atoms with Gasteiger partial charge in [-0.1, -0.05) is 80.9 Å². The van der Waals surface area contributed by atoms with Crippen LogP contribution in [0.25, 0.3) is 0 Å².